The van der Waals surface area contributed by atoms with E-state index in [1.165, 1.54) is 36.5 Å². The van der Waals surface area contributed by atoms with E-state index in [4.69, 9.17) is 24.4 Å². The third-order valence-corrected chi connectivity index (χ3v) is 12.1. The highest BCUT2D eigenvalue weighted by molar-refractivity contribution is 7.25. The number of benzene rings is 7. The van der Waals surface area contributed by atoms with E-state index < -0.39 is 0 Å². The highest BCUT2D eigenvalue weighted by Gasteiger charge is 2.21. The van der Waals surface area contributed by atoms with Crippen molar-refractivity contribution in [2.45, 2.75) is 0 Å². The summed E-state index contributed by atoms with van der Waals surface area (Å²) < 4.78 is 11.7. The van der Waals surface area contributed by atoms with Gasteiger partial charge in [-0.05, 0) is 60.2 Å². The maximum atomic E-state index is 6.91. The molecule has 0 unspecified atom stereocenters. The Morgan fingerprint density at radius 2 is 1.11 bits per heavy atom. The molecule has 0 fully saturated rings. The Morgan fingerprint density at radius 1 is 0.421 bits per heavy atom. The van der Waals surface area contributed by atoms with Gasteiger partial charge < -0.3 is 8.98 Å². The number of nitrogens with zero attached hydrogens (tertiary/aromatic N) is 5. The average Bonchev–Trinajstić information content (AvgIpc) is 3.96. The molecule has 0 amide bonds. The summed E-state index contributed by atoms with van der Waals surface area (Å²) in [4.78, 5) is 20.1. The summed E-state index contributed by atoms with van der Waals surface area (Å²) in [6.07, 6.45) is 1.82. The first kappa shape index (κ1) is 31.8. The van der Waals surface area contributed by atoms with E-state index in [9.17, 15) is 0 Å². The van der Waals surface area contributed by atoms with Crippen LogP contribution in [-0.2, 0) is 0 Å². The molecule has 0 N–H and O–H groups in total. The molecule has 266 valence electrons. The predicted molar refractivity (Wildman–Crippen MR) is 234 cm³/mol. The second-order valence-corrected chi connectivity index (χ2v) is 15.3. The fourth-order valence-corrected chi connectivity index (χ4v) is 9.43. The molecule has 7 aromatic carbocycles. The normalized spacial score (nSPS) is 11.9. The maximum absolute atomic E-state index is 6.91. The Balaban J connectivity index is 1.04. The number of rotatable bonds is 5. The lowest BCUT2D eigenvalue weighted by Gasteiger charge is -2.09. The highest BCUT2D eigenvalue weighted by Crippen LogP contribution is 2.42. The number of pyridine rings is 1. The van der Waals surface area contributed by atoms with Crippen LogP contribution in [0.25, 0.3) is 115 Å². The van der Waals surface area contributed by atoms with Crippen LogP contribution in [0.4, 0.5) is 0 Å². The molecule has 6 nitrogen and oxygen atoms in total. The highest BCUT2D eigenvalue weighted by atomic mass is 32.1. The number of furan rings is 1. The zero-order valence-corrected chi connectivity index (χ0v) is 31.1. The number of fused-ring (bicyclic) bond motifs is 9. The van der Waals surface area contributed by atoms with Crippen LogP contribution in [0.5, 0.6) is 0 Å². The van der Waals surface area contributed by atoms with E-state index in [-0.39, 0.29) is 0 Å². The SMILES string of the molecule is c1ccc(-c2nc(-c3ccc4c(c3)sc3ccccc34)nc(-c3ccnc4c3oc3c(-c5ccc6c(c5)c5ccccc5n6-c5ccccc5)cccc34)n2)cc1. The van der Waals surface area contributed by atoms with Gasteiger partial charge in [0, 0.05) is 64.9 Å². The van der Waals surface area contributed by atoms with Crippen LogP contribution in [0.2, 0.25) is 0 Å². The fraction of sp³-hybridized carbons (Fsp3) is 0. The van der Waals surface area contributed by atoms with Gasteiger partial charge in [0.1, 0.15) is 11.1 Å². The number of hydrogen-bond acceptors (Lipinski definition) is 6. The summed E-state index contributed by atoms with van der Waals surface area (Å²) in [7, 11) is 0. The topological polar surface area (TPSA) is 69.6 Å². The van der Waals surface area contributed by atoms with E-state index in [1.54, 1.807) is 11.3 Å². The molecule has 0 atom stereocenters. The van der Waals surface area contributed by atoms with Gasteiger partial charge in [0.25, 0.3) is 0 Å². The Kier molecular flexibility index (Phi) is 7.00. The molecule has 12 rings (SSSR count). The van der Waals surface area contributed by atoms with Crippen LogP contribution in [0.1, 0.15) is 0 Å². The van der Waals surface area contributed by atoms with Crippen molar-refractivity contribution in [1.82, 2.24) is 24.5 Å². The molecule has 0 saturated carbocycles. The summed E-state index contributed by atoms with van der Waals surface area (Å²) in [5, 5.41) is 5.80. The summed E-state index contributed by atoms with van der Waals surface area (Å²) in [6, 6.07) is 59.1. The van der Waals surface area contributed by atoms with Gasteiger partial charge in [-0.15, -0.1) is 11.3 Å². The molecule has 0 aliphatic heterocycles. The minimum Gasteiger partial charge on any atom is -0.453 e. The average molecular weight is 748 g/mol. The second-order valence-electron chi connectivity index (χ2n) is 14.2. The summed E-state index contributed by atoms with van der Waals surface area (Å²) >= 11 is 1.78. The molecule has 7 heteroatoms. The minimum absolute atomic E-state index is 0.526. The van der Waals surface area contributed by atoms with Crippen molar-refractivity contribution in [1.29, 1.82) is 0 Å². The molecule has 5 aromatic heterocycles. The first-order valence-electron chi connectivity index (χ1n) is 18.9. The first-order chi connectivity index (χ1) is 28.2. The van der Waals surface area contributed by atoms with Crippen molar-refractivity contribution in [2.24, 2.45) is 0 Å². The quantitative estimate of drug-likeness (QED) is 0.175. The lowest BCUT2D eigenvalue weighted by Crippen LogP contribution is -2.00. The molecule has 57 heavy (non-hydrogen) atoms. The third kappa shape index (κ3) is 5.03. The molecule has 0 radical (unpaired) electrons. The summed E-state index contributed by atoms with van der Waals surface area (Å²) in [5.74, 6) is 1.72. The zero-order chi connectivity index (χ0) is 37.5. The Morgan fingerprint density at radius 3 is 1.98 bits per heavy atom. The van der Waals surface area contributed by atoms with Crippen LogP contribution in [0.15, 0.2) is 180 Å². The number of aromatic nitrogens is 5. The van der Waals surface area contributed by atoms with Crippen molar-refractivity contribution in [2.75, 3.05) is 0 Å². The van der Waals surface area contributed by atoms with Gasteiger partial charge >= 0.3 is 0 Å². The Labute approximate surface area is 330 Å². The van der Waals surface area contributed by atoms with Crippen molar-refractivity contribution in [3.8, 4) is 51.0 Å². The van der Waals surface area contributed by atoms with Gasteiger partial charge in [0.15, 0.2) is 23.1 Å². The standard InChI is InChI=1S/C50H29N5OS/c1-3-12-30(13-4-1)48-52-49(32-22-24-37-36-17-8-10-21-43(36)57-44(37)29-32)54-50(53-48)39-26-27-51-45-38-19-11-18-34(46(38)56-47(39)45)31-23-25-42-40(28-31)35-16-7-9-20-41(35)55(42)33-14-5-2-6-15-33/h1-29H. The molecule has 0 aliphatic carbocycles. The molecule has 5 heterocycles. The lowest BCUT2D eigenvalue weighted by atomic mass is 10.0. The largest absolute Gasteiger partial charge is 0.453 e. The zero-order valence-electron chi connectivity index (χ0n) is 30.3. The molecule has 0 saturated heterocycles. The van der Waals surface area contributed by atoms with Crippen LogP contribution in [0.3, 0.4) is 0 Å². The maximum Gasteiger partial charge on any atom is 0.167 e. The molecule has 0 aliphatic rings. The van der Waals surface area contributed by atoms with E-state index in [1.807, 2.05) is 42.6 Å². The van der Waals surface area contributed by atoms with Crippen molar-refractivity contribution >= 4 is 75.4 Å². The van der Waals surface area contributed by atoms with E-state index in [0.29, 0.717) is 23.1 Å². The molecule has 0 spiro atoms. The van der Waals surface area contributed by atoms with E-state index in [0.717, 1.165) is 55.5 Å². The fourth-order valence-electron chi connectivity index (χ4n) is 8.28. The summed E-state index contributed by atoms with van der Waals surface area (Å²) in [6.45, 7) is 0. The van der Waals surface area contributed by atoms with E-state index in [2.05, 4.69) is 138 Å². The van der Waals surface area contributed by atoms with Gasteiger partial charge in [-0.3, -0.25) is 4.98 Å². The predicted octanol–water partition coefficient (Wildman–Crippen LogP) is 13.3. The molecular weight excluding hydrogens is 719 g/mol. The van der Waals surface area contributed by atoms with E-state index >= 15 is 0 Å². The van der Waals surface area contributed by atoms with Crippen molar-refractivity contribution < 1.29 is 4.42 Å². The second kappa shape index (κ2) is 12.5. The monoisotopic (exact) mass is 747 g/mol. The number of para-hydroxylation sites is 3. The first-order valence-corrected chi connectivity index (χ1v) is 19.7. The third-order valence-electron chi connectivity index (χ3n) is 10.9. The van der Waals surface area contributed by atoms with Crippen LogP contribution < -0.4 is 0 Å². The minimum atomic E-state index is 0.526. The van der Waals surface area contributed by atoms with Crippen LogP contribution in [0, 0.1) is 0 Å². The smallest absolute Gasteiger partial charge is 0.167 e. The van der Waals surface area contributed by atoms with Gasteiger partial charge in [-0.1, -0.05) is 115 Å². The Hall–Kier alpha value is -7.48. The number of thiophene rings is 1. The van der Waals surface area contributed by atoms with Crippen molar-refractivity contribution in [3.63, 3.8) is 0 Å². The Bertz CT molecular complexity index is 3530. The summed E-state index contributed by atoms with van der Waals surface area (Å²) in [5.41, 5.74) is 10.3. The van der Waals surface area contributed by atoms with Gasteiger partial charge in [-0.25, -0.2) is 15.0 Å². The number of hydrogen-bond donors (Lipinski definition) is 0. The molecule has 0 bridgehead atoms. The van der Waals surface area contributed by atoms with Gasteiger partial charge in [0.05, 0.1) is 16.6 Å². The molecule has 12 aromatic rings. The van der Waals surface area contributed by atoms with Crippen LogP contribution in [-0.4, -0.2) is 24.5 Å². The lowest BCUT2D eigenvalue weighted by molar-refractivity contribution is 0.670. The van der Waals surface area contributed by atoms with Gasteiger partial charge in [-0.2, -0.15) is 0 Å². The van der Waals surface area contributed by atoms with Crippen molar-refractivity contribution in [3.05, 3.63) is 176 Å². The van der Waals surface area contributed by atoms with Crippen LogP contribution >= 0.6 is 11.3 Å². The van der Waals surface area contributed by atoms with Gasteiger partial charge in [0.2, 0.25) is 0 Å². The molecular formula is C50H29N5OS.